The predicted octanol–water partition coefficient (Wildman–Crippen LogP) is 2.09. The van der Waals surface area contributed by atoms with Crippen molar-refractivity contribution >= 4 is 17.7 Å². The van der Waals surface area contributed by atoms with Gasteiger partial charge < -0.3 is 15.1 Å². The maximum atomic E-state index is 12.6. The summed E-state index contributed by atoms with van der Waals surface area (Å²) >= 11 is 0. The zero-order chi connectivity index (χ0) is 19.6. The number of benzene rings is 1. The number of nitrogens with zero attached hydrogens (tertiary/aromatic N) is 2. The molecule has 3 fully saturated rings. The van der Waals surface area contributed by atoms with Crippen molar-refractivity contribution in [2.45, 2.75) is 57.0 Å². The SMILES string of the molecule is O=C(CN1CCC2(CCC1=O)CCC(=O)N2Cc1ccccc1)NCC1CC1. The molecule has 0 aromatic heterocycles. The zero-order valence-electron chi connectivity index (χ0n) is 16.4. The van der Waals surface area contributed by atoms with Crippen LogP contribution in [0.15, 0.2) is 30.3 Å². The van der Waals surface area contributed by atoms with E-state index in [1.54, 1.807) is 4.90 Å². The summed E-state index contributed by atoms with van der Waals surface area (Å²) in [7, 11) is 0. The van der Waals surface area contributed by atoms with Crippen LogP contribution in [0, 0.1) is 5.92 Å². The van der Waals surface area contributed by atoms with Gasteiger partial charge in [-0.3, -0.25) is 14.4 Å². The topological polar surface area (TPSA) is 69.7 Å². The Kier molecular flexibility index (Phi) is 5.38. The fourth-order valence-electron chi connectivity index (χ4n) is 4.48. The van der Waals surface area contributed by atoms with Gasteiger partial charge in [-0.15, -0.1) is 0 Å². The first-order chi connectivity index (χ1) is 13.6. The van der Waals surface area contributed by atoms with Crippen LogP contribution in [0.4, 0.5) is 0 Å². The standard InChI is InChI=1S/C22H29N3O3/c26-19(23-14-17-6-7-17)16-24-13-12-22(10-8-20(24)27)11-9-21(28)25(22)15-18-4-2-1-3-5-18/h1-5,17H,6-16H2,(H,23,26). The van der Waals surface area contributed by atoms with Gasteiger partial charge in [0.2, 0.25) is 17.7 Å². The van der Waals surface area contributed by atoms with Crippen molar-refractivity contribution in [1.82, 2.24) is 15.1 Å². The maximum absolute atomic E-state index is 12.6. The summed E-state index contributed by atoms with van der Waals surface area (Å²) in [6, 6.07) is 10.0. The third-order valence-electron chi connectivity index (χ3n) is 6.48. The summed E-state index contributed by atoms with van der Waals surface area (Å²) in [5, 5.41) is 2.95. The molecule has 2 aliphatic heterocycles. The molecule has 1 aliphatic carbocycles. The van der Waals surface area contributed by atoms with Crippen LogP contribution in [-0.2, 0) is 20.9 Å². The van der Waals surface area contributed by atoms with Gasteiger partial charge in [-0.25, -0.2) is 0 Å². The molecule has 1 atom stereocenters. The van der Waals surface area contributed by atoms with E-state index in [1.165, 1.54) is 12.8 Å². The molecule has 2 saturated heterocycles. The van der Waals surface area contributed by atoms with Crippen LogP contribution in [0.5, 0.6) is 0 Å². The summed E-state index contributed by atoms with van der Waals surface area (Å²) < 4.78 is 0. The van der Waals surface area contributed by atoms with E-state index in [4.69, 9.17) is 0 Å². The van der Waals surface area contributed by atoms with Gasteiger partial charge in [-0.2, -0.15) is 0 Å². The molecule has 3 amide bonds. The maximum Gasteiger partial charge on any atom is 0.239 e. The molecular weight excluding hydrogens is 354 g/mol. The molecule has 4 rings (SSSR count). The van der Waals surface area contributed by atoms with Crippen molar-refractivity contribution in [2.75, 3.05) is 19.6 Å². The molecule has 6 nitrogen and oxygen atoms in total. The van der Waals surface area contributed by atoms with E-state index < -0.39 is 0 Å². The van der Waals surface area contributed by atoms with Crippen molar-refractivity contribution in [3.63, 3.8) is 0 Å². The van der Waals surface area contributed by atoms with Gasteiger partial charge in [-0.1, -0.05) is 30.3 Å². The molecule has 1 N–H and O–H groups in total. The number of carbonyl (C=O) groups excluding carboxylic acids is 3. The van der Waals surface area contributed by atoms with Crippen LogP contribution in [0.1, 0.15) is 50.5 Å². The van der Waals surface area contributed by atoms with Crippen LogP contribution in [0.25, 0.3) is 0 Å². The third kappa shape index (κ3) is 4.21. The highest BCUT2D eigenvalue weighted by Gasteiger charge is 2.46. The van der Waals surface area contributed by atoms with E-state index in [-0.39, 0.29) is 29.8 Å². The van der Waals surface area contributed by atoms with Crippen molar-refractivity contribution in [2.24, 2.45) is 5.92 Å². The molecule has 1 spiro atoms. The van der Waals surface area contributed by atoms with Crippen LogP contribution in [0.3, 0.4) is 0 Å². The average molecular weight is 383 g/mol. The summed E-state index contributed by atoms with van der Waals surface area (Å²) in [5.74, 6) is 0.757. The Balaban J connectivity index is 1.41. The van der Waals surface area contributed by atoms with Gasteiger partial charge in [0.15, 0.2) is 0 Å². The fourth-order valence-corrected chi connectivity index (χ4v) is 4.48. The molecule has 1 aromatic carbocycles. The van der Waals surface area contributed by atoms with Crippen LogP contribution < -0.4 is 5.32 Å². The Hall–Kier alpha value is -2.37. The number of amides is 3. The normalized spacial score (nSPS) is 25.3. The smallest absolute Gasteiger partial charge is 0.239 e. The second-order valence-electron chi connectivity index (χ2n) is 8.50. The third-order valence-corrected chi connectivity index (χ3v) is 6.48. The van der Waals surface area contributed by atoms with Crippen molar-refractivity contribution < 1.29 is 14.4 Å². The van der Waals surface area contributed by atoms with E-state index in [1.807, 2.05) is 35.2 Å². The second-order valence-corrected chi connectivity index (χ2v) is 8.50. The predicted molar refractivity (Wildman–Crippen MR) is 105 cm³/mol. The van der Waals surface area contributed by atoms with Crippen molar-refractivity contribution in [1.29, 1.82) is 0 Å². The molecular formula is C22H29N3O3. The lowest BCUT2D eigenvalue weighted by Gasteiger charge is -2.38. The molecule has 6 heteroatoms. The summed E-state index contributed by atoms with van der Waals surface area (Å²) in [4.78, 5) is 41.1. The number of nitrogens with one attached hydrogen (secondary N) is 1. The van der Waals surface area contributed by atoms with Crippen molar-refractivity contribution in [3.8, 4) is 0 Å². The number of carbonyl (C=O) groups is 3. The molecule has 1 saturated carbocycles. The first kappa shape index (κ1) is 19.0. The van der Waals surface area contributed by atoms with Crippen LogP contribution >= 0.6 is 0 Å². The Labute approximate surface area is 166 Å². The summed E-state index contributed by atoms with van der Waals surface area (Å²) in [6.07, 6.45) is 5.55. The minimum atomic E-state index is -0.262. The lowest BCUT2D eigenvalue weighted by atomic mass is 9.87. The van der Waals surface area contributed by atoms with Crippen LogP contribution in [0.2, 0.25) is 0 Å². The minimum absolute atomic E-state index is 0.0254. The Morgan fingerprint density at radius 2 is 1.75 bits per heavy atom. The zero-order valence-corrected chi connectivity index (χ0v) is 16.4. The highest BCUT2D eigenvalue weighted by molar-refractivity contribution is 5.85. The first-order valence-electron chi connectivity index (χ1n) is 10.4. The molecule has 1 unspecified atom stereocenters. The highest BCUT2D eigenvalue weighted by Crippen LogP contribution is 2.40. The molecule has 0 radical (unpaired) electrons. The Morgan fingerprint density at radius 3 is 2.46 bits per heavy atom. The minimum Gasteiger partial charge on any atom is -0.354 e. The largest absolute Gasteiger partial charge is 0.354 e. The number of likely N-dealkylation sites (tertiary alicyclic amines) is 2. The van der Waals surface area contributed by atoms with E-state index >= 15 is 0 Å². The van der Waals surface area contributed by atoms with Gasteiger partial charge in [-0.05, 0) is 43.6 Å². The number of hydrogen-bond acceptors (Lipinski definition) is 3. The fraction of sp³-hybridized carbons (Fsp3) is 0.591. The highest BCUT2D eigenvalue weighted by atomic mass is 16.2. The summed E-state index contributed by atoms with van der Waals surface area (Å²) in [6.45, 7) is 1.99. The van der Waals surface area contributed by atoms with E-state index in [2.05, 4.69) is 5.32 Å². The molecule has 2 heterocycles. The van der Waals surface area contributed by atoms with Gasteiger partial charge in [0.1, 0.15) is 0 Å². The van der Waals surface area contributed by atoms with Gasteiger partial charge in [0.05, 0.1) is 6.54 Å². The lowest BCUT2D eigenvalue weighted by molar-refractivity contribution is -0.135. The van der Waals surface area contributed by atoms with E-state index in [0.717, 1.165) is 24.9 Å². The molecule has 1 aromatic rings. The van der Waals surface area contributed by atoms with Gasteiger partial charge in [0.25, 0.3) is 0 Å². The van der Waals surface area contributed by atoms with E-state index in [0.29, 0.717) is 38.3 Å². The van der Waals surface area contributed by atoms with Gasteiger partial charge in [0, 0.05) is 38.0 Å². The average Bonchev–Trinajstić information content (AvgIpc) is 3.50. The molecule has 150 valence electrons. The Bertz CT molecular complexity index is 747. The molecule has 28 heavy (non-hydrogen) atoms. The van der Waals surface area contributed by atoms with Crippen LogP contribution in [-0.4, -0.2) is 52.7 Å². The molecule has 0 bridgehead atoms. The number of rotatable bonds is 6. The quantitative estimate of drug-likeness (QED) is 0.818. The first-order valence-corrected chi connectivity index (χ1v) is 10.4. The molecule has 3 aliphatic rings. The lowest BCUT2D eigenvalue weighted by Crippen LogP contribution is -2.46. The van der Waals surface area contributed by atoms with E-state index in [9.17, 15) is 14.4 Å². The number of hydrogen-bond donors (Lipinski definition) is 1. The monoisotopic (exact) mass is 383 g/mol. The Morgan fingerprint density at radius 1 is 1.04 bits per heavy atom. The second kappa shape index (κ2) is 7.94. The van der Waals surface area contributed by atoms with Gasteiger partial charge >= 0.3 is 0 Å². The summed E-state index contributed by atoms with van der Waals surface area (Å²) in [5.41, 5.74) is 0.853. The van der Waals surface area contributed by atoms with Crippen molar-refractivity contribution in [3.05, 3.63) is 35.9 Å².